The first-order valence-corrected chi connectivity index (χ1v) is 14.6. The van der Waals surface area contributed by atoms with Gasteiger partial charge in [-0.05, 0) is 123 Å². The van der Waals surface area contributed by atoms with Crippen molar-refractivity contribution in [3.05, 3.63) is 59.2 Å². The van der Waals surface area contributed by atoms with Crippen LogP contribution in [0.1, 0.15) is 95.5 Å². The Morgan fingerprint density at radius 1 is 0.641 bits per heavy atom. The van der Waals surface area contributed by atoms with Crippen molar-refractivity contribution in [2.75, 3.05) is 0 Å². The first kappa shape index (κ1) is 28.5. The van der Waals surface area contributed by atoms with E-state index in [1.807, 2.05) is 0 Å². The Labute approximate surface area is 227 Å². The lowest BCUT2D eigenvalue weighted by Crippen LogP contribution is -2.39. The maximum absolute atomic E-state index is 14.9. The Balaban J connectivity index is 1.12. The summed E-state index contributed by atoms with van der Waals surface area (Å²) in [7, 11) is 0. The van der Waals surface area contributed by atoms with Gasteiger partial charge in [-0.15, -0.1) is 0 Å². The lowest BCUT2D eigenvalue weighted by atomic mass is 9.69. The maximum atomic E-state index is 14.9. The van der Waals surface area contributed by atoms with Crippen LogP contribution in [0.15, 0.2) is 30.3 Å². The van der Waals surface area contributed by atoms with E-state index in [1.165, 1.54) is 18.2 Å². The van der Waals surface area contributed by atoms with Gasteiger partial charge in [-0.1, -0.05) is 25.8 Å². The zero-order valence-corrected chi connectivity index (χ0v) is 22.5. The van der Waals surface area contributed by atoms with Crippen molar-refractivity contribution in [2.24, 2.45) is 23.7 Å². The predicted molar refractivity (Wildman–Crippen MR) is 139 cm³/mol. The van der Waals surface area contributed by atoms with Gasteiger partial charge in [-0.2, -0.15) is 8.78 Å². The normalized spacial score (nSPS) is 30.3. The maximum Gasteiger partial charge on any atom is 0.358 e. The molecule has 3 aliphatic rings. The van der Waals surface area contributed by atoms with E-state index in [9.17, 15) is 26.3 Å². The molecule has 0 aliphatic heterocycles. The summed E-state index contributed by atoms with van der Waals surface area (Å²) in [6.45, 7) is 2.12. The molecular formula is C32H38F6O. The highest BCUT2D eigenvalue weighted by Crippen LogP contribution is 2.46. The molecule has 0 heterocycles. The second-order valence-electron chi connectivity index (χ2n) is 12.3. The Bertz CT molecular complexity index is 1100. The largest absolute Gasteiger partial charge is 0.358 e. The average Bonchev–Trinajstić information content (AvgIpc) is 2.91. The number of benzene rings is 2. The Morgan fingerprint density at radius 2 is 1.21 bits per heavy atom. The van der Waals surface area contributed by atoms with E-state index in [0.717, 1.165) is 63.5 Å². The standard InChI is InChI=1S/C32H38F6O/c1-19-2-11-25(12-3-19)32(37,38)39-26-13-8-21(9-14-26)20-4-6-22(7-5-20)24-17-29(35)31(30(36)18-24)23-10-15-27(33)28(34)16-23/h10,15-22,25-26H,2-9,11-14H2,1H3. The predicted octanol–water partition coefficient (Wildman–Crippen LogP) is 10.2. The molecule has 0 aromatic heterocycles. The van der Waals surface area contributed by atoms with Crippen molar-refractivity contribution in [3.8, 4) is 11.1 Å². The lowest BCUT2D eigenvalue weighted by molar-refractivity contribution is -0.302. The number of hydrogen-bond donors (Lipinski definition) is 0. The van der Waals surface area contributed by atoms with Gasteiger partial charge in [0.15, 0.2) is 11.6 Å². The van der Waals surface area contributed by atoms with Crippen molar-refractivity contribution < 1.29 is 31.1 Å². The molecule has 3 saturated carbocycles. The third-order valence-corrected chi connectivity index (χ3v) is 9.72. The minimum atomic E-state index is -3.04. The molecule has 3 fully saturated rings. The summed E-state index contributed by atoms with van der Waals surface area (Å²) < 4.78 is 91.7. The minimum Gasteiger partial charge on any atom is -0.317 e. The number of rotatable bonds is 6. The molecule has 39 heavy (non-hydrogen) atoms. The summed E-state index contributed by atoms with van der Waals surface area (Å²) in [5.41, 5.74) is 0.199. The molecule has 0 unspecified atom stereocenters. The van der Waals surface area contributed by atoms with E-state index >= 15 is 0 Å². The third-order valence-electron chi connectivity index (χ3n) is 9.72. The topological polar surface area (TPSA) is 9.23 Å². The molecule has 0 atom stereocenters. The molecule has 0 bridgehead atoms. The van der Waals surface area contributed by atoms with Gasteiger partial charge in [0.05, 0.1) is 17.6 Å². The van der Waals surface area contributed by atoms with E-state index in [0.29, 0.717) is 49.0 Å². The van der Waals surface area contributed by atoms with Crippen LogP contribution in [-0.2, 0) is 4.74 Å². The Hall–Kier alpha value is -2.02. The molecule has 5 rings (SSSR count). The van der Waals surface area contributed by atoms with Gasteiger partial charge in [-0.25, -0.2) is 17.6 Å². The van der Waals surface area contributed by atoms with Crippen LogP contribution in [0.3, 0.4) is 0 Å². The van der Waals surface area contributed by atoms with Crippen LogP contribution in [0.4, 0.5) is 26.3 Å². The smallest absolute Gasteiger partial charge is 0.317 e. The van der Waals surface area contributed by atoms with Crippen LogP contribution >= 0.6 is 0 Å². The summed E-state index contributed by atoms with van der Waals surface area (Å²) in [6.07, 6.45) is 5.90. The summed E-state index contributed by atoms with van der Waals surface area (Å²) >= 11 is 0. The van der Waals surface area contributed by atoms with Gasteiger partial charge in [0.2, 0.25) is 0 Å². The first-order valence-electron chi connectivity index (χ1n) is 14.6. The molecule has 2 aromatic rings. The Kier molecular flexibility index (Phi) is 8.65. The Morgan fingerprint density at radius 3 is 1.77 bits per heavy atom. The van der Waals surface area contributed by atoms with Gasteiger partial charge < -0.3 is 4.74 Å². The average molecular weight is 553 g/mol. The third kappa shape index (κ3) is 6.49. The summed E-state index contributed by atoms with van der Waals surface area (Å²) in [6, 6.07) is 5.48. The monoisotopic (exact) mass is 552 g/mol. The van der Waals surface area contributed by atoms with Crippen molar-refractivity contribution >= 4 is 0 Å². The van der Waals surface area contributed by atoms with Gasteiger partial charge in [0.1, 0.15) is 11.6 Å². The van der Waals surface area contributed by atoms with Crippen molar-refractivity contribution in [2.45, 2.75) is 102 Å². The van der Waals surface area contributed by atoms with Crippen molar-refractivity contribution in [1.82, 2.24) is 0 Å². The van der Waals surface area contributed by atoms with Crippen LogP contribution < -0.4 is 0 Å². The highest BCUT2D eigenvalue weighted by molar-refractivity contribution is 5.65. The van der Waals surface area contributed by atoms with Crippen molar-refractivity contribution in [1.29, 1.82) is 0 Å². The van der Waals surface area contributed by atoms with Crippen LogP contribution in [0, 0.1) is 46.9 Å². The summed E-state index contributed by atoms with van der Waals surface area (Å²) in [5.74, 6) is -2.94. The minimum absolute atomic E-state index is 0.0285. The summed E-state index contributed by atoms with van der Waals surface area (Å²) in [4.78, 5) is 0. The molecule has 2 aromatic carbocycles. The fraction of sp³-hybridized carbons (Fsp3) is 0.625. The molecule has 214 valence electrons. The van der Waals surface area contributed by atoms with E-state index in [-0.39, 0.29) is 23.1 Å². The molecule has 1 nitrogen and oxygen atoms in total. The van der Waals surface area contributed by atoms with E-state index in [1.54, 1.807) is 0 Å². The quantitative estimate of drug-likeness (QED) is 0.324. The molecular weight excluding hydrogens is 514 g/mol. The second kappa shape index (κ2) is 11.8. The zero-order valence-electron chi connectivity index (χ0n) is 22.5. The van der Waals surface area contributed by atoms with Gasteiger partial charge in [0.25, 0.3) is 0 Å². The number of halogens is 6. The molecule has 0 amide bonds. The fourth-order valence-electron chi connectivity index (χ4n) is 7.27. The van der Waals surface area contributed by atoms with Gasteiger partial charge >= 0.3 is 6.11 Å². The molecule has 0 spiro atoms. The molecule has 0 radical (unpaired) electrons. The van der Waals surface area contributed by atoms with Crippen LogP contribution in [0.2, 0.25) is 0 Å². The van der Waals surface area contributed by atoms with Crippen molar-refractivity contribution in [3.63, 3.8) is 0 Å². The number of hydrogen-bond acceptors (Lipinski definition) is 1. The van der Waals surface area contributed by atoms with E-state index in [4.69, 9.17) is 4.74 Å². The lowest BCUT2D eigenvalue weighted by Gasteiger charge is -2.40. The molecule has 0 N–H and O–H groups in total. The van der Waals surface area contributed by atoms with Gasteiger partial charge in [0, 0.05) is 0 Å². The van der Waals surface area contributed by atoms with Crippen LogP contribution in [0.25, 0.3) is 11.1 Å². The summed E-state index contributed by atoms with van der Waals surface area (Å²) in [5, 5.41) is 0. The number of alkyl halides is 2. The van der Waals surface area contributed by atoms with E-state index < -0.39 is 35.3 Å². The second-order valence-corrected chi connectivity index (χ2v) is 12.3. The van der Waals surface area contributed by atoms with E-state index in [2.05, 4.69) is 6.92 Å². The van der Waals surface area contributed by atoms with Crippen LogP contribution in [-0.4, -0.2) is 12.2 Å². The fourth-order valence-corrected chi connectivity index (χ4v) is 7.27. The van der Waals surface area contributed by atoms with Crippen LogP contribution in [0.5, 0.6) is 0 Å². The first-order chi connectivity index (χ1) is 18.6. The molecule has 3 aliphatic carbocycles. The molecule has 0 saturated heterocycles. The zero-order chi connectivity index (χ0) is 27.7. The number of ether oxygens (including phenoxy) is 1. The highest BCUT2D eigenvalue weighted by Gasteiger charge is 2.45. The van der Waals surface area contributed by atoms with Gasteiger partial charge in [-0.3, -0.25) is 0 Å². The molecule has 7 heteroatoms. The SMILES string of the molecule is CC1CCC(C(F)(F)OC2CCC(C3CCC(c4cc(F)c(-c5ccc(F)c(F)c5)c(F)c4)CC3)CC2)CC1. The highest BCUT2D eigenvalue weighted by atomic mass is 19.3.